The summed E-state index contributed by atoms with van der Waals surface area (Å²) in [7, 11) is 0. The van der Waals surface area contributed by atoms with Gasteiger partial charge in [0.25, 0.3) is 0 Å². The van der Waals surface area contributed by atoms with E-state index in [0.717, 1.165) is 10.6 Å². The molecule has 0 spiro atoms. The summed E-state index contributed by atoms with van der Waals surface area (Å²) < 4.78 is 6.21. The van der Waals surface area contributed by atoms with Gasteiger partial charge in [0.1, 0.15) is 12.4 Å². The Kier molecular flexibility index (Phi) is 4.02. The molecule has 0 unspecified atom stereocenters. The summed E-state index contributed by atoms with van der Waals surface area (Å²) in [6.07, 6.45) is 1.75. The average molecular weight is 268 g/mol. The van der Waals surface area contributed by atoms with Crippen LogP contribution in [0.4, 0.5) is 0 Å². The summed E-state index contributed by atoms with van der Waals surface area (Å²) in [5, 5.41) is 0. The van der Waals surface area contributed by atoms with E-state index in [1.54, 1.807) is 6.20 Å². The highest BCUT2D eigenvalue weighted by Crippen LogP contribution is 2.22. The highest BCUT2D eigenvalue weighted by molar-refractivity contribution is 7.15. The van der Waals surface area contributed by atoms with E-state index in [-0.39, 0.29) is 0 Å². The Morgan fingerprint density at radius 3 is 2.53 bits per heavy atom. The number of hydrogen-bond acceptors (Lipinski definition) is 3. The molecule has 0 aliphatic rings. The van der Waals surface area contributed by atoms with Crippen molar-refractivity contribution in [3.63, 3.8) is 0 Å². The molecular formula is C13H14ClNOS. The van der Waals surface area contributed by atoms with Crippen LogP contribution >= 0.6 is 22.9 Å². The highest BCUT2D eigenvalue weighted by atomic mass is 35.5. The van der Waals surface area contributed by atoms with Gasteiger partial charge in [0, 0.05) is 6.20 Å². The number of benzene rings is 1. The van der Waals surface area contributed by atoms with Crippen LogP contribution in [0.15, 0.2) is 30.5 Å². The smallest absolute Gasteiger partial charge is 0.183 e. The topological polar surface area (TPSA) is 22.1 Å². The minimum Gasteiger partial charge on any atom is -0.488 e. The fraction of sp³-hybridized carbons (Fsp3) is 0.308. The number of ether oxygens (including phenoxy) is 1. The minimum absolute atomic E-state index is 0.519. The monoisotopic (exact) mass is 267 g/mol. The first-order valence-corrected chi connectivity index (χ1v) is 6.67. The number of thiazole rings is 1. The molecule has 90 valence electrons. The van der Waals surface area contributed by atoms with Gasteiger partial charge in [-0.15, -0.1) is 11.3 Å². The zero-order valence-electron chi connectivity index (χ0n) is 9.81. The third kappa shape index (κ3) is 3.45. The van der Waals surface area contributed by atoms with Crippen molar-refractivity contribution in [3.05, 3.63) is 45.4 Å². The van der Waals surface area contributed by atoms with Crippen LogP contribution in [-0.2, 0) is 6.61 Å². The van der Waals surface area contributed by atoms with Crippen molar-refractivity contribution >= 4 is 22.9 Å². The summed E-state index contributed by atoms with van der Waals surface area (Å²) in [5.41, 5.74) is 1.32. The Bertz CT molecular complexity index is 478. The first-order valence-electron chi connectivity index (χ1n) is 5.48. The van der Waals surface area contributed by atoms with Gasteiger partial charge >= 0.3 is 0 Å². The van der Waals surface area contributed by atoms with Crippen molar-refractivity contribution < 1.29 is 4.74 Å². The van der Waals surface area contributed by atoms with Gasteiger partial charge in [-0.05, 0) is 23.6 Å². The highest BCUT2D eigenvalue weighted by Gasteiger charge is 2.02. The Morgan fingerprint density at radius 1 is 1.29 bits per heavy atom. The maximum absolute atomic E-state index is 5.75. The number of halogens is 1. The normalized spacial score (nSPS) is 10.8. The fourth-order valence-corrected chi connectivity index (χ4v) is 2.34. The largest absolute Gasteiger partial charge is 0.488 e. The quantitative estimate of drug-likeness (QED) is 0.814. The SMILES string of the molecule is CC(C)c1ccc(OCc2cnc(Cl)s2)cc1. The lowest BCUT2D eigenvalue weighted by molar-refractivity contribution is 0.309. The predicted molar refractivity (Wildman–Crippen MR) is 72.0 cm³/mol. The van der Waals surface area contributed by atoms with Gasteiger partial charge in [-0.3, -0.25) is 0 Å². The van der Waals surface area contributed by atoms with Crippen LogP contribution < -0.4 is 4.74 Å². The van der Waals surface area contributed by atoms with Crippen molar-refractivity contribution in [2.75, 3.05) is 0 Å². The van der Waals surface area contributed by atoms with Gasteiger partial charge in [-0.2, -0.15) is 0 Å². The number of rotatable bonds is 4. The maximum Gasteiger partial charge on any atom is 0.183 e. The molecule has 0 bridgehead atoms. The summed E-state index contributed by atoms with van der Waals surface area (Å²) in [5.74, 6) is 1.42. The predicted octanol–water partition coefficient (Wildman–Crippen LogP) is 4.50. The number of nitrogens with zero attached hydrogens (tertiary/aromatic N) is 1. The molecule has 2 aromatic rings. The number of hydrogen-bond donors (Lipinski definition) is 0. The maximum atomic E-state index is 5.75. The Balaban J connectivity index is 1.95. The molecular weight excluding hydrogens is 254 g/mol. The molecule has 0 aliphatic heterocycles. The lowest BCUT2D eigenvalue weighted by Gasteiger charge is -2.07. The summed E-state index contributed by atoms with van der Waals surface area (Å²) >= 11 is 7.19. The second-order valence-electron chi connectivity index (χ2n) is 4.09. The summed E-state index contributed by atoms with van der Waals surface area (Å²) in [6, 6.07) is 8.19. The molecule has 1 aromatic heterocycles. The Labute approximate surface area is 110 Å². The van der Waals surface area contributed by atoms with Crippen LogP contribution in [0.25, 0.3) is 0 Å². The third-order valence-corrected chi connectivity index (χ3v) is 3.54. The second-order valence-corrected chi connectivity index (χ2v) is 5.79. The molecule has 0 N–H and O–H groups in total. The van der Waals surface area contributed by atoms with Crippen LogP contribution in [0.3, 0.4) is 0 Å². The summed E-state index contributed by atoms with van der Waals surface area (Å²) in [6.45, 7) is 4.87. The van der Waals surface area contributed by atoms with E-state index in [2.05, 4.69) is 31.0 Å². The molecule has 0 fully saturated rings. The van der Waals surface area contributed by atoms with E-state index in [0.29, 0.717) is 17.0 Å². The van der Waals surface area contributed by atoms with E-state index in [1.807, 2.05) is 12.1 Å². The minimum atomic E-state index is 0.519. The van der Waals surface area contributed by atoms with Gasteiger partial charge in [0.2, 0.25) is 0 Å². The molecule has 0 saturated heterocycles. The van der Waals surface area contributed by atoms with E-state index in [1.165, 1.54) is 16.9 Å². The Morgan fingerprint density at radius 2 is 2.00 bits per heavy atom. The molecule has 2 nitrogen and oxygen atoms in total. The molecule has 17 heavy (non-hydrogen) atoms. The zero-order valence-corrected chi connectivity index (χ0v) is 11.4. The first kappa shape index (κ1) is 12.4. The van der Waals surface area contributed by atoms with Crippen LogP contribution in [-0.4, -0.2) is 4.98 Å². The molecule has 0 saturated carbocycles. The first-order chi connectivity index (χ1) is 8.15. The fourth-order valence-electron chi connectivity index (χ4n) is 1.45. The van der Waals surface area contributed by atoms with Crippen molar-refractivity contribution in [1.29, 1.82) is 0 Å². The van der Waals surface area contributed by atoms with Crippen molar-refractivity contribution in [1.82, 2.24) is 4.98 Å². The second kappa shape index (κ2) is 5.52. The average Bonchev–Trinajstić information content (AvgIpc) is 2.73. The van der Waals surface area contributed by atoms with Crippen molar-refractivity contribution in [2.45, 2.75) is 26.4 Å². The van der Waals surface area contributed by atoms with E-state index >= 15 is 0 Å². The molecule has 1 aromatic carbocycles. The third-order valence-electron chi connectivity index (χ3n) is 2.45. The molecule has 2 rings (SSSR count). The van der Waals surface area contributed by atoms with Crippen LogP contribution in [0.2, 0.25) is 4.47 Å². The van der Waals surface area contributed by atoms with Gasteiger partial charge < -0.3 is 4.74 Å². The van der Waals surface area contributed by atoms with Gasteiger partial charge in [-0.1, -0.05) is 37.6 Å². The van der Waals surface area contributed by atoms with Gasteiger partial charge in [0.15, 0.2) is 4.47 Å². The summed E-state index contributed by atoms with van der Waals surface area (Å²) in [4.78, 5) is 5.00. The standard InChI is InChI=1S/C13H14ClNOS/c1-9(2)10-3-5-11(6-4-10)16-8-12-7-15-13(14)17-12/h3-7,9H,8H2,1-2H3. The molecule has 1 heterocycles. The van der Waals surface area contributed by atoms with Gasteiger partial charge in [0.05, 0.1) is 4.88 Å². The van der Waals surface area contributed by atoms with Crippen LogP contribution in [0.1, 0.15) is 30.2 Å². The zero-order chi connectivity index (χ0) is 12.3. The molecule has 4 heteroatoms. The van der Waals surface area contributed by atoms with E-state index < -0.39 is 0 Å². The van der Waals surface area contributed by atoms with Gasteiger partial charge in [-0.25, -0.2) is 4.98 Å². The molecule has 0 amide bonds. The lowest BCUT2D eigenvalue weighted by atomic mass is 10.0. The van der Waals surface area contributed by atoms with E-state index in [9.17, 15) is 0 Å². The molecule has 0 radical (unpaired) electrons. The van der Waals surface area contributed by atoms with Crippen molar-refractivity contribution in [3.8, 4) is 5.75 Å². The lowest BCUT2D eigenvalue weighted by Crippen LogP contribution is -1.93. The van der Waals surface area contributed by atoms with Crippen molar-refractivity contribution in [2.24, 2.45) is 0 Å². The van der Waals surface area contributed by atoms with E-state index in [4.69, 9.17) is 16.3 Å². The van der Waals surface area contributed by atoms with Crippen LogP contribution in [0.5, 0.6) is 5.75 Å². The Hall–Kier alpha value is -1.06. The van der Waals surface area contributed by atoms with Crippen LogP contribution in [0, 0.1) is 0 Å². The molecule has 0 atom stereocenters. The molecule has 0 aliphatic carbocycles. The number of aromatic nitrogens is 1.